The number of carbonyl (C=O) groups is 2. The number of hydrogen-bond acceptors (Lipinski definition) is 8. The van der Waals surface area contributed by atoms with E-state index in [1.54, 1.807) is 26.0 Å². The van der Waals surface area contributed by atoms with Crippen LogP contribution in [-0.2, 0) is 19.1 Å². The molecule has 0 aromatic heterocycles. The predicted molar refractivity (Wildman–Crippen MR) is 194 cm³/mol. The monoisotopic (exact) mass is 642 g/mol. The topological polar surface area (TPSA) is 107 Å². The van der Waals surface area contributed by atoms with Gasteiger partial charge in [-0.25, -0.2) is 9.59 Å². The highest BCUT2D eigenvalue weighted by atomic mass is 16.5. The maximum atomic E-state index is 11.7. The number of nitrogens with zero attached hydrogens (tertiary/aromatic N) is 4. The molecule has 0 heterocycles. The fourth-order valence-corrected chi connectivity index (χ4v) is 4.75. The van der Waals surface area contributed by atoms with Crippen molar-refractivity contribution in [2.45, 2.75) is 27.7 Å². The van der Waals surface area contributed by atoms with Gasteiger partial charge in [0.05, 0.1) is 36.4 Å². The lowest BCUT2D eigenvalue weighted by Gasteiger charge is -2.23. The van der Waals surface area contributed by atoms with Gasteiger partial charge in [0.15, 0.2) is 0 Å². The number of benzene rings is 3. The Morgan fingerprint density at radius 1 is 0.667 bits per heavy atom. The summed E-state index contributed by atoms with van der Waals surface area (Å²) in [4.78, 5) is 27.6. The number of anilines is 2. The molecule has 48 heavy (non-hydrogen) atoms. The van der Waals surface area contributed by atoms with Crippen molar-refractivity contribution in [2.24, 2.45) is 0 Å². The first-order chi connectivity index (χ1) is 23.1. The molecule has 0 N–H and O–H groups in total. The minimum absolute atomic E-state index is 0.270. The summed E-state index contributed by atoms with van der Waals surface area (Å²) in [5.41, 5.74) is 6.87. The van der Waals surface area contributed by atoms with Gasteiger partial charge in [-0.1, -0.05) is 61.7 Å². The van der Waals surface area contributed by atoms with Gasteiger partial charge in [-0.05, 0) is 86.3 Å². The van der Waals surface area contributed by atoms with Gasteiger partial charge in [0.25, 0.3) is 0 Å². The molecule has 8 nitrogen and oxygen atoms in total. The molecule has 0 saturated heterocycles. The number of rotatable bonds is 16. The minimum Gasteiger partial charge on any atom is -0.460 e. The minimum atomic E-state index is -0.393. The predicted octanol–water partition coefficient (Wildman–Crippen LogP) is 7.66. The van der Waals surface area contributed by atoms with Gasteiger partial charge in [-0.2, -0.15) is 10.5 Å². The van der Waals surface area contributed by atoms with E-state index in [4.69, 9.17) is 9.47 Å². The first kappa shape index (κ1) is 36.6. The van der Waals surface area contributed by atoms with E-state index in [9.17, 15) is 20.1 Å². The van der Waals surface area contributed by atoms with Gasteiger partial charge in [0.1, 0.15) is 13.2 Å². The lowest BCUT2D eigenvalue weighted by molar-refractivity contribution is -0.139. The van der Waals surface area contributed by atoms with Crippen LogP contribution >= 0.6 is 0 Å². The Morgan fingerprint density at radius 2 is 1.02 bits per heavy atom. The second-order valence-electron chi connectivity index (χ2n) is 11.1. The number of nitriles is 2. The molecule has 0 radical (unpaired) electrons. The van der Waals surface area contributed by atoms with Crippen molar-refractivity contribution in [1.29, 1.82) is 10.5 Å². The first-order valence-corrected chi connectivity index (χ1v) is 15.8. The Labute approximate surface area is 284 Å². The van der Waals surface area contributed by atoms with Crippen LogP contribution < -0.4 is 9.80 Å². The molecule has 0 amide bonds. The van der Waals surface area contributed by atoms with Crippen molar-refractivity contribution >= 4 is 47.6 Å². The Morgan fingerprint density at radius 3 is 1.31 bits per heavy atom. The molecule has 0 aliphatic carbocycles. The van der Waals surface area contributed by atoms with Crippen LogP contribution in [0.1, 0.15) is 61.1 Å². The molecular weight excluding hydrogens is 600 g/mol. The fourth-order valence-electron chi connectivity index (χ4n) is 4.75. The van der Waals surface area contributed by atoms with Crippen molar-refractivity contribution in [3.8, 4) is 12.1 Å². The van der Waals surface area contributed by atoms with Crippen molar-refractivity contribution in [1.82, 2.24) is 0 Å². The third-order valence-corrected chi connectivity index (χ3v) is 7.54. The highest BCUT2D eigenvalue weighted by molar-refractivity contribution is 5.87. The van der Waals surface area contributed by atoms with Crippen LogP contribution in [0.3, 0.4) is 0 Å². The van der Waals surface area contributed by atoms with Gasteiger partial charge in [0.2, 0.25) is 0 Å². The van der Waals surface area contributed by atoms with Gasteiger partial charge in [-0.3, -0.25) is 0 Å². The third kappa shape index (κ3) is 10.6. The van der Waals surface area contributed by atoms with Gasteiger partial charge >= 0.3 is 11.9 Å². The van der Waals surface area contributed by atoms with E-state index in [0.717, 1.165) is 35.6 Å². The lowest BCUT2D eigenvalue weighted by atomic mass is 9.97. The smallest absolute Gasteiger partial charge is 0.333 e. The summed E-state index contributed by atoms with van der Waals surface area (Å²) in [6, 6.07) is 23.9. The summed E-state index contributed by atoms with van der Waals surface area (Å²) in [5, 5.41) is 19.8. The summed E-state index contributed by atoms with van der Waals surface area (Å²) in [6.45, 7) is 17.7. The van der Waals surface area contributed by atoms with E-state index in [2.05, 4.69) is 35.1 Å². The maximum absolute atomic E-state index is 11.7. The third-order valence-electron chi connectivity index (χ3n) is 7.54. The molecule has 3 aromatic carbocycles. The first-order valence-electron chi connectivity index (χ1n) is 15.8. The van der Waals surface area contributed by atoms with E-state index < -0.39 is 11.9 Å². The molecule has 0 unspecified atom stereocenters. The van der Waals surface area contributed by atoms with E-state index in [1.807, 2.05) is 86.7 Å². The Hall–Kier alpha value is -5.86. The highest BCUT2D eigenvalue weighted by Crippen LogP contribution is 2.23. The standard InChI is InChI=1S/C40H42N4O4/c1-7-43(21-23-47-39(45)29(3)4)37-17-11-31(12-18-37)9-15-33-25-36(28-42)34(26-35(33)27-41)16-10-32-13-19-38(20-14-32)44(8-2)22-24-48-40(46)30(5)6/h9-20,25-26H,3,5,7-8,21-24H2,1-2,4,6H3/b15-9+,16-10+. The zero-order chi connectivity index (χ0) is 35.1. The lowest BCUT2D eigenvalue weighted by Crippen LogP contribution is -2.28. The van der Waals surface area contributed by atoms with Crippen molar-refractivity contribution < 1.29 is 19.1 Å². The summed E-state index contributed by atoms with van der Waals surface area (Å²) in [7, 11) is 0. The zero-order valence-electron chi connectivity index (χ0n) is 28.2. The molecule has 0 spiro atoms. The van der Waals surface area contributed by atoms with Gasteiger partial charge < -0.3 is 19.3 Å². The number of carbonyl (C=O) groups excluding carboxylic acids is 2. The normalized spacial score (nSPS) is 10.7. The second kappa shape index (κ2) is 18.3. The second-order valence-corrected chi connectivity index (χ2v) is 11.1. The van der Waals surface area contributed by atoms with Crippen LogP contribution in [-0.4, -0.2) is 51.3 Å². The molecule has 0 aliphatic heterocycles. The van der Waals surface area contributed by atoms with Crippen LogP contribution in [0.15, 0.2) is 85.0 Å². The largest absolute Gasteiger partial charge is 0.460 e. The number of esters is 2. The SMILES string of the molecule is C=C(C)C(=O)OCCN(CC)c1ccc(/C=C/c2cc(C#N)c(/C=C/c3ccc(N(CC)CCOC(=O)C(=C)C)cc3)cc2C#N)cc1. The van der Waals surface area contributed by atoms with E-state index in [-0.39, 0.29) is 13.2 Å². The molecule has 0 atom stereocenters. The zero-order valence-corrected chi connectivity index (χ0v) is 28.2. The summed E-state index contributed by atoms with van der Waals surface area (Å²) in [5.74, 6) is -0.787. The van der Waals surface area contributed by atoms with Crippen LogP contribution in [0.5, 0.6) is 0 Å². The maximum Gasteiger partial charge on any atom is 0.333 e. The summed E-state index contributed by atoms with van der Waals surface area (Å²) in [6.07, 6.45) is 7.50. The van der Waals surface area contributed by atoms with Crippen LogP contribution in [0.4, 0.5) is 11.4 Å². The average molecular weight is 643 g/mol. The Balaban J connectivity index is 1.69. The van der Waals surface area contributed by atoms with Crippen molar-refractivity contribution in [3.05, 3.63) is 118 Å². The van der Waals surface area contributed by atoms with Gasteiger partial charge in [0, 0.05) is 35.6 Å². The molecule has 0 saturated carbocycles. The van der Waals surface area contributed by atoms with Crippen molar-refractivity contribution in [2.75, 3.05) is 49.2 Å². The summed E-state index contributed by atoms with van der Waals surface area (Å²) < 4.78 is 10.5. The Kier molecular flexibility index (Phi) is 14.0. The molecule has 8 heteroatoms. The van der Waals surface area contributed by atoms with Crippen LogP contribution in [0, 0.1) is 22.7 Å². The summed E-state index contributed by atoms with van der Waals surface area (Å²) >= 11 is 0. The van der Waals surface area contributed by atoms with E-state index in [0.29, 0.717) is 46.5 Å². The number of hydrogen-bond donors (Lipinski definition) is 0. The molecule has 0 fully saturated rings. The molecule has 246 valence electrons. The van der Waals surface area contributed by atoms with Crippen molar-refractivity contribution in [3.63, 3.8) is 0 Å². The molecule has 0 aliphatic rings. The molecule has 3 rings (SSSR count). The average Bonchev–Trinajstić information content (AvgIpc) is 3.10. The fraction of sp³-hybridized carbons (Fsp3) is 0.250. The van der Waals surface area contributed by atoms with Gasteiger partial charge in [-0.15, -0.1) is 0 Å². The number of ether oxygens (including phenoxy) is 2. The molecule has 0 bridgehead atoms. The van der Waals surface area contributed by atoms with Crippen LogP contribution in [0.25, 0.3) is 24.3 Å². The molecule has 3 aromatic rings. The Bertz CT molecular complexity index is 1630. The molecular formula is C40H42N4O4. The quantitative estimate of drug-likeness (QED) is 0.0891. The number of likely N-dealkylation sites (N-methyl/N-ethyl adjacent to an activating group) is 2. The highest BCUT2D eigenvalue weighted by Gasteiger charge is 2.10. The van der Waals surface area contributed by atoms with E-state index >= 15 is 0 Å². The van der Waals surface area contributed by atoms with Crippen LogP contribution in [0.2, 0.25) is 0 Å². The van der Waals surface area contributed by atoms with E-state index in [1.165, 1.54) is 0 Å².